The van der Waals surface area contributed by atoms with Gasteiger partial charge in [-0.25, -0.2) is 9.97 Å². The molecule has 4 rings (SSSR count). The van der Waals surface area contributed by atoms with E-state index in [0.29, 0.717) is 29.3 Å². The van der Waals surface area contributed by atoms with E-state index in [4.69, 9.17) is 0 Å². The van der Waals surface area contributed by atoms with Crippen LogP contribution in [0.3, 0.4) is 0 Å². The van der Waals surface area contributed by atoms with Gasteiger partial charge in [-0.3, -0.25) is 9.59 Å². The van der Waals surface area contributed by atoms with Crippen LogP contribution < -0.4 is 10.5 Å². The molecule has 7 heteroatoms. The van der Waals surface area contributed by atoms with Gasteiger partial charge in [0.05, 0.1) is 10.9 Å². The highest BCUT2D eigenvalue weighted by molar-refractivity contribution is 5.82. The minimum absolute atomic E-state index is 0.150. The maximum absolute atomic E-state index is 12.6. The quantitative estimate of drug-likeness (QED) is 0.907. The molecule has 0 radical (unpaired) electrons. The highest BCUT2D eigenvalue weighted by Gasteiger charge is 2.42. The summed E-state index contributed by atoms with van der Waals surface area (Å²) in [6, 6.07) is 1.95. The highest BCUT2D eigenvalue weighted by atomic mass is 16.2. The third-order valence-electron chi connectivity index (χ3n) is 5.60. The molecule has 0 unspecified atom stereocenters. The van der Waals surface area contributed by atoms with Gasteiger partial charge in [0.15, 0.2) is 0 Å². The molecule has 2 aromatic rings. The number of nitrogens with zero attached hydrogens (tertiary/aromatic N) is 4. The van der Waals surface area contributed by atoms with Crippen LogP contribution >= 0.6 is 0 Å². The molecule has 1 saturated heterocycles. The number of aromatic amines is 1. The summed E-state index contributed by atoms with van der Waals surface area (Å²) in [5.41, 5.74) is 1.36. The summed E-state index contributed by atoms with van der Waals surface area (Å²) in [6.07, 6.45) is 4.52. The summed E-state index contributed by atoms with van der Waals surface area (Å²) in [6.45, 7) is 3.63. The number of carbonyl (C=O) groups is 1. The molecule has 1 aliphatic carbocycles. The number of nitrogens with one attached hydrogen (secondary N) is 1. The standard InChI is InChI=1S/C19H25N5O2/c1-11-7-13(11)18(26)24-6-4-5-12(10-24)15-8-16-14(17(25)21-15)9-20-19(22-16)23(2)3/h8-9,11-13H,4-7,10H2,1-3H3,(H,21,25)/t11-,12-,13-/m0/s1. The van der Waals surface area contributed by atoms with E-state index < -0.39 is 0 Å². The van der Waals surface area contributed by atoms with Crippen molar-refractivity contribution in [2.45, 2.75) is 32.1 Å². The number of piperidine rings is 1. The lowest BCUT2D eigenvalue weighted by Gasteiger charge is -2.33. The Morgan fingerprint density at radius 1 is 1.38 bits per heavy atom. The van der Waals surface area contributed by atoms with E-state index >= 15 is 0 Å². The van der Waals surface area contributed by atoms with Crippen LogP contribution in [0.4, 0.5) is 5.95 Å². The van der Waals surface area contributed by atoms with E-state index in [9.17, 15) is 9.59 Å². The fourth-order valence-corrected chi connectivity index (χ4v) is 3.82. The first kappa shape index (κ1) is 17.0. The van der Waals surface area contributed by atoms with Crippen molar-refractivity contribution >= 4 is 22.8 Å². The Hall–Kier alpha value is -2.44. The molecule has 26 heavy (non-hydrogen) atoms. The van der Waals surface area contributed by atoms with Crippen molar-refractivity contribution in [3.05, 3.63) is 28.3 Å². The van der Waals surface area contributed by atoms with Crippen molar-refractivity contribution in [3.63, 3.8) is 0 Å². The molecule has 1 saturated carbocycles. The van der Waals surface area contributed by atoms with Crippen molar-refractivity contribution in [1.82, 2.24) is 19.9 Å². The molecule has 1 amide bonds. The van der Waals surface area contributed by atoms with Gasteiger partial charge in [0, 0.05) is 50.9 Å². The summed E-state index contributed by atoms with van der Waals surface area (Å²) >= 11 is 0. The lowest BCUT2D eigenvalue weighted by Crippen LogP contribution is -2.40. The zero-order chi connectivity index (χ0) is 18.4. The number of likely N-dealkylation sites (tertiary alicyclic amines) is 1. The van der Waals surface area contributed by atoms with E-state index in [1.807, 2.05) is 30.0 Å². The van der Waals surface area contributed by atoms with Gasteiger partial charge in [-0.15, -0.1) is 0 Å². The number of fused-ring (bicyclic) bond motifs is 1. The number of hydrogen-bond donors (Lipinski definition) is 1. The zero-order valence-corrected chi connectivity index (χ0v) is 15.5. The van der Waals surface area contributed by atoms with Crippen LogP contribution in [-0.2, 0) is 4.79 Å². The first-order valence-electron chi connectivity index (χ1n) is 9.30. The second-order valence-corrected chi connectivity index (χ2v) is 7.86. The molecule has 138 valence electrons. The Bertz CT molecular complexity index is 906. The minimum Gasteiger partial charge on any atom is -0.347 e. The number of anilines is 1. The van der Waals surface area contributed by atoms with Crippen LogP contribution in [0.15, 0.2) is 17.1 Å². The number of pyridine rings is 1. The maximum Gasteiger partial charge on any atom is 0.259 e. The van der Waals surface area contributed by atoms with E-state index in [2.05, 4.69) is 21.9 Å². The lowest BCUT2D eigenvalue weighted by atomic mass is 9.93. The van der Waals surface area contributed by atoms with Gasteiger partial charge in [0.25, 0.3) is 5.56 Å². The molecule has 3 heterocycles. The van der Waals surface area contributed by atoms with Gasteiger partial charge in [0.1, 0.15) is 0 Å². The third kappa shape index (κ3) is 3.06. The molecule has 2 fully saturated rings. The SMILES string of the molecule is C[C@H]1C[C@@H]1C(=O)N1CCC[C@H](c2cc3nc(N(C)C)ncc3c(=O)[nH]2)C1. The molecule has 0 spiro atoms. The second-order valence-electron chi connectivity index (χ2n) is 7.86. The van der Waals surface area contributed by atoms with Crippen molar-refractivity contribution in [3.8, 4) is 0 Å². The molecular weight excluding hydrogens is 330 g/mol. The number of aromatic nitrogens is 3. The van der Waals surface area contributed by atoms with Gasteiger partial charge in [0.2, 0.25) is 11.9 Å². The molecule has 3 atom stereocenters. The predicted octanol–water partition coefficient (Wildman–Crippen LogP) is 1.75. The summed E-state index contributed by atoms with van der Waals surface area (Å²) in [5, 5.41) is 0.495. The van der Waals surface area contributed by atoms with Crippen molar-refractivity contribution in [1.29, 1.82) is 0 Å². The molecule has 2 aliphatic rings. The smallest absolute Gasteiger partial charge is 0.259 e. The molecular formula is C19H25N5O2. The van der Waals surface area contributed by atoms with Gasteiger partial charge in [-0.1, -0.05) is 6.92 Å². The second kappa shape index (κ2) is 6.37. The number of hydrogen-bond acceptors (Lipinski definition) is 5. The largest absolute Gasteiger partial charge is 0.347 e. The normalized spacial score (nSPS) is 25.3. The minimum atomic E-state index is -0.165. The molecule has 1 N–H and O–H groups in total. The first-order valence-corrected chi connectivity index (χ1v) is 9.30. The average molecular weight is 355 g/mol. The summed E-state index contributed by atoms with van der Waals surface area (Å²) in [5.74, 6) is 1.74. The Morgan fingerprint density at radius 2 is 2.15 bits per heavy atom. The molecule has 1 aliphatic heterocycles. The number of carbonyl (C=O) groups excluding carboxylic acids is 1. The van der Waals surface area contributed by atoms with E-state index in [-0.39, 0.29) is 23.3 Å². The predicted molar refractivity (Wildman–Crippen MR) is 100 cm³/mol. The molecule has 0 bridgehead atoms. The summed E-state index contributed by atoms with van der Waals surface area (Å²) in [4.78, 5) is 40.6. The fraction of sp³-hybridized carbons (Fsp3) is 0.579. The summed E-state index contributed by atoms with van der Waals surface area (Å²) in [7, 11) is 3.75. The van der Waals surface area contributed by atoms with Crippen molar-refractivity contribution in [2.24, 2.45) is 11.8 Å². The number of rotatable bonds is 3. The zero-order valence-electron chi connectivity index (χ0n) is 15.5. The summed E-state index contributed by atoms with van der Waals surface area (Å²) < 4.78 is 0. The van der Waals surface area contributed by atoms with Gasteiger partial charge in [-0.2, -0.15) is 0 Å². The van der Waals surface area contributed by atoms with Gasteiger partial charge >= 0.3 is 0 Å². The van der Waals surface area contributed by atoms with Gasteiger partial charge in [-0.05, 0) is 31.2 Å². The first-order chi connectivity index (χ1) is 12.4. The molecule has 0 aromatic carbocycles. The van der Waals surface area contributed by atoms with Crippen LogP contribution in [0, 0.1) is 11.8 Å². The lowest BCUT2D eigenvalue weighted by molar-refractivity contribution is -0.134. The van der Waals surface area contributed by atoms with Crippen LogP contribution in [0.25, 0.3) is 10.9 Å². The Labute approximate surface area is 152 Å². The van der Waals surface area contributed by atoms with Crippen molar-refractivity contribution in [2.75, 3.05) is 32.1 Å². The fourth-order valence-electron chi connectivity index (χ4n) is 3.82. The van der Waals surface area contributed by atoms with E-state index in [1.54, 1.807) is 6.20 Å². The molecule has 7 nitrogen and oxygen atoms in total. The monoisotopic (exact) mass is 355 g/mol. The Kier molecular flexibility index (Phi) is 4.17. The topological polar surface area (TPSA) is 82.2 Å². The van der Waals surface area contributed by atoms with E-state index in [1.165, 1.54) is 0 Å². The third-order valence-corrected chi connectivity index (χ3v) is 5.60. The van der Waals surface area contributed by atoms with Crippen molar-refractivity contribution < 1.29 is 4.79 Å². The van der Waals surface area contributed by atoms with Gasteiger partial charge < -0.3 is 14.8 Å². The van der Waals surface area contributed by atoms with Crippen LogP contribution in [0.1, 0.15) is 37.8 Å². The van der Waals surface area contributed by atoms with Crippen LogP contribution in [0.2, 0.25) is 0 Å². The van der Waals surface area contributed by atoms with E-state index in [0.717, 1.165) is 31.5 Å². The average Bonchev–Trinajstić information content (AvgIpc) is 3.37. The highest BCUT2D eigenvalue weighted by Crippen LogP contribution is 2.40. The Morgan fingerprint density at radius 3 is 2.85 bits per heavy atom. The van der Waals surface area contributed by atoms with Crippen LogP contribution in [-0.4, -0.2) is 52.9 Å². The number of H-pyrrole nitrogens is 1. The molecule has 2 aromatic heterocycles. The number of amides is 1. The maximum atomic E-state index is 12.6. The van der Waals surface area contributed by atoms with Crippen LogP contribution in [0.5, 0.6) is 0 Å². The Balaban J connectivity index is 1.62.